The molecule has 0 aliphatic heterocycles. The fraction of sp³-hybridized carbons (Fsp3) is 0.250. The van der Waals surface area contributed by atoms with Gasteiger partial charge in [0.2, 0.25) is 11.9 Å². The Kier molecular flexibility index (Phi) is 3.46. The molecule has 3 rings (SSSR count). The summed E-state index contributed by atoms with van der Waals surface area (Å²) in [4.78, 5) is 16.7. The fourth-order valence-corrected chi connectivity index (χ4v) is 1.76. The van der Waals surface area contributed by atoms with Gasteiger partial charge in [-0.25, -0.2) is 4.98 Å². The molecule has 0 aliphatic rings. The molecular weight excluding hydrogens is 272 g/mol. The van der Waals surface area contributed by atoms with Gasteiger partial charge in [0.1, 0.15) is 18.4 Å². The molecule has 0 fully saturated rings. The molecule has 0 aromatic carbocycles. The minimum atomic E-state index is -0.0734. The van der Waals surface area contributed by atoms with Crippen molar-refractivity contribution in [3.05, 3.63) is 36.8 Å². The van der Waals surface area contributed by atoms with Gasteiger partial charge in [-0.2, -0.15) is 24.7 Å². The molecule has 0 saturated carbocycles. The number of anilines is 2. The van der Waals surface area contributed by atoms with Crippen molar-refractivity contribution >= 4 is 11.9 Å². The number of hydrogen-bond acceptors (Lipinski definition) is 8. The molecule has 0 saturated heterocycles. The van der Waals surface area contributed by atoms with Gasteiger partial charge in [0, 0.05) is 7.05 Å². The second kappa shape index (κ2) is 5.57. The Morgan fingerprint density at radius 1 is 1.24 bits per heavy atom. The highest BCUT2D eigenvalue weighted by molar-refractivity contribution is 5.38. The summed E-state index contributed by atoms with van der Waals surface area (Å²) in [5, 5.41) is 10.1. The lowest BCUT2D eigenvalue weighted by molar-refractivity contribution is 0.489. The van der Waals surface area contributed by atoms with Gasteiger partial charge < -0.3 is 15.1 Å². The predicted molar refractivity (Wildman–Crippen MR) is 75.0 cm³/mol. The first kappa shape index (κ1) is 13.0. The van der Waals surface area contributed by atoms with E-state index < -0.39 is 0 Å². The van der Waals surface area contributed by atoms with Crippen LogP contribution in [0.5, 0.6) is 0 Å². The first-order valence-electron chi connectivity index (χ1n) is 6.35. The zero-order valence-corrected chi connectivity index (χ0v) is 11.6. The van der Waals surface area contributed by atoms with Crippen LogP contribution in [-0.2, 0) is 0 Å². The van der Waals surface area contributed by atoms with E-state index in [1.807, 2.05) is 19.1 Å². The zero-order chi connectivity index (χ0) is 14.7. The Morgan fingerprint density at radius 2 is 2.10 bits per heavy atom. The molecule has 0 amide bonds. The number of nitrogens with zero attached hydrogens (tertiary/aromatic N) is 6. The van der Waals surface area contributed by atoms with Crippen LogP contribution in [0, 0.1) is 0 Å². The minimum absolute atomic E-state index is 0.0734. The van der Waals surface area contributed by atoms with E-state index in [-0.39, 0.29) is 6.04 Å². The smallest absolute Gasteiger partial charge is 0.258 e. The van der Waals surface area contributed by atoms with Crippen LogP contribution in [-0.4, -0.2) is 36.8 Å². The number of rotatable bonds is 5. The molecule has 108 valence electrons. The van der Waals surface area contributed by atoms with Crippen LogP contribution in [0.2, 0.25) is 0 Å². The lowest BCUT2D eigenvalue weighted by Crippen LogP contribution is -2.13. The molecule has 21 heavy (non-hydrogen) atoms. The standard InChI is InChI=1S/C12H14N8O/c1-8(9-4-3-5-21-9)16-11-17-10(13-2)18-12(19-11)20-7-14-6-15-20/h3-8H,1-2H3,(H2,13,16,17,18,19). The van der Waals surface area contributed by atoms with Gasteiger partial charge in [-0.05, 0) is 19.1 Å². The van der Waals surface area contributed by atoms with Crippen LogP contribution >= 0.6 is 0 Å². The molecule has 1 atom stereocenters. The van der Waals surface area contributed by atoms with Gasteiger partial charge in [0.25, 0.3) is 5.95 Å². The highest BCUT2D eigenvalue weighted by atomic mass is 16.3. The van der Waals surface area contributed by atoms with Crippen LogP contribution in [0.25, 0.3) is 5.95 Å². The monoisotopic (exact) mass is 286 g/mol. The van der Waals surface area contributed by atoms with Crippen molar-refractivity contribution in [3.8, 4) is 5.95 Å². The Morgan fingerprint density at radius 3 is 2.76 bits per heavy atom. The van der Waals surface area contributed by atoms with Gasteiger partial charge in [0.15, 0.2) is 0 Å². The molecule has 3 aromatic rings. The second-order valence-electron chi connectivity index (χ2n) is 4.25. The number of aromatic nitrogens is 6. The van der Waals surface area contributed by atoms with Crippen LogP contribution < -0.4 is 10.6 Å². The number of nitrogens with one attached hydrogen (secondary N) is 2. The largest absolute Gasteiger partial charge is 0.467 e. The average Bonchev–Trinajstić information content (AvgIpc) is 3.19. The van der Waals surface area contributed by atoms with E-state index in [4.69, 9.17) is 4.42 Å². The van der Waals surface area contributed by atoms with Crippen molar-refractivity contribution in [3.63, 3.8) is 0 Å². The first-order valence-corrected chi connectivity index (χ1v) is 6.35. The van der Waals surface area contributed by atoms with Gasteiger partial charge in [-0.3, -0.25) is 0 Å². The molecule has 0 bridgehead atoms. The van der Waals surface area contributed by atoms with Gasteiger partial charge in [-0.15, -0.1) is 0 Å². The first-order chi connectivity index (χ1) is 10.3. The van der Waals surface area contributed by atoms with Crippen LogP contribution in [0.3, 0.4) is 0 Å². The minimum Gasteiger partial charge on any atom is -0.467 e. The Hall–Kier alpha value is -2.97. The van der Waals surface area contributed by atoms with Crippen molar-refractivity contribution in [1.82, 2.24) is 29.7 Å². The Bertz CT molecular complexity index is 694. The lowest BCUT2D eigenvalue weighted by atomic mass is 10.2. The number of furan rings is 1. The third-order valence-electron chi connectivity index (χ3n) is 2.79. The van der Waals surface area contributed by atoms with Crippen LogP contribution in [0.15, 0.2) is 35.5 Å². The SMILES string of the molecule is CNc1nc(NC(C)c2ccco2)nc(-n2cncn2)n1. The highest BCUT2D eigenvalue weighted by Gasteiger charge is 2.13. The summed E-state index contributed by atoms with van der Waals surface area (Å²) in [6, 6.07) is 3.65. The molecule has 1 unspecified atom stereocenters. The van der Waals surface area contributed by atoms with E-state index in [1.54, 1.807) is 13.3 Å². The topological polar surface area (TPSA) is 107 Å². The predicted octanol–water partition coefficient (Wildman–Crippen LogP) is 1.26. The van der Waals surface area contributed by atoms with Gasteiger partial charge in [0.05, 0.1) is 12.3 Å². The Labute approximate surface area is 120 Å². The van der Waals surface area contributed by atoms with Crippen LogP contribution in [0.4, 0.5) is 11.9 Å². The molecule has 3 heterocycles. The van der Waals surface area contributed by atoms with Gasteiger partial charge >= 0.3 is 0 Å². The maximum atomic E-state index is 5.35. The van der Waals surface area contributed by atoms with Crippen molar-refractivity contribution in [2.75, 3.05) is 17.7 Å². The van der Waals surface area contributed by atoms with Gasteiger partial charge in [-0.1, -0.05) is 0 Å². The number of hydrogen-bond donors (Lipinski definition) is 2. The van der Waals surface area contributed by atoms with Crippen molar-refractivity contribution in [2.45, 2.75) is 13.0 Å². The van der Waals surface area contributed by atoms with Crippen molar-refractivity contribution < 1.29 is 4.42 Å². The highest BCUT2D eigenvalue weighted by Crippen LogP contribution is 2.18. The quantitative estimate of drug-likeness (QED) is 0.722. The summed E-state index contributed by atoms with van der Waals surface area (Å²) in [7, 11) is 1.74. The maximum Gasteiger partial charge on any atom is 0.258 e. The van der Waals surface area contributed by atoms with E-state index in [2.05, 4.69) is 35.7 Å². The molecule has 0 aliphatic carbocycles. The average molecular weight is 286 g/mol. The lowest BCUT2D eigenvalue weighted by Gasteiger charge is -2.12. The molecule has 9 heteroatoms. The summed E-state index contributed by atoms with van der Waals surface area (Å²) >= 11 is 0. The molecule has 0 radical (unpaired) electrons. The zero-order valence-electron chi connectivity index (χ0n) is 11.6. The van der Waals surface area contributed by atoms with E-state index in [9.17, 15) is 0 Å². The maximum absolute atomic E-state index is 5.35. The van der Waals surface area contributed by atoms with E-state index in [0.29, 0.717) is 17.8 Å². The second-order valence-corrected chi connectivity index (χ2v) is 4.25. The van der Waals surface area contributed by atoms with E-state index in [1.165, 1.54) is 17.3 Å². The fourth-order valence-electron chi connectivity index (χ4n) is 1.76. The van der Waals surface area contributed by atoms with Crippen LogP contribution in [0.1, 0.15) is 18.7 Å². The summed E-state index contributed by atoms with van der Waals surface area (Å²) in [5.74, 6) is 2.03. The van der Waals surface area contributed by atoms with E-state index >= 15 is 0 Å². The molecule has 2 N–H and O–H groups in total. The molecule has 9 nitrogen and oxygen atoms in total. The van der Waals surface area contributed by atoms with Crippen molar-refractivity contribution in [2.24, 2.45) is 0 Å². The van der Waals surface area contributed by atoms with E-state index in [0.717, 1.165) is 5.76 Å². The molecule has 0 spiro atoms. The third-order valence-corrected chi connectivity index (χ3v) is 2.79. The molecular formula is C12H14N8O. The summed E-state index contributed by atoms with van der Waals surface area (Å²) in [6.45, 7) is 1.96. The third kappa shape index (κ3) is 2.81. The normalized spacial score (nSPS) is 12.1. The Balaban J connectivity index is 1.89. The summed E-state index contributed by atoms with van der Waals surface area (Å²) in [6.07, 6.45) is 4.57. The summed E-state index contributed by atoms with van der Waals surface area (Å²) in [5.41, 5.74) is 0. The molecule has 3 aromatic heterocycles. The summed E-state index contributed by atoms with van der Waals surface area (Å²) < 4.78 is 6.81. The van der Waals surface area contributed by atoms with Crippen molar-refractivity contribution in [1.29, 1.82) is 0 Å².